The lowest BCUT2D eigenvalue weighted by molar-refractivity contribution is -0.137. The zero-order chi connectivity index (χ0) is 32.5. The van der Waals surface area contributed by atoms with Crippen LogP contribution < -0.4 is 10.2 Å². The maximum absolute atomic E-state index is 14.0. The predicted molar refractivity (Wildman–Crippen MR) is 172 cm³/mol. The normalized spacial score (nSPS) is 22.0. The number of nitrogens with one attached hydrogen (secondary N) is 1. The number of anilines is 1. The molecule has 0 radical (unpaired) electrons. The summed E-state index contributed by atoms with van der Waals surface area (Å²) in [5.74, 6) is -1.42. The molecule has 2 aromatic carbocycles. The number of thiazole rings is 1. The van der Waals surface area contributed by atoms with Gasteiger partial charge in [0.15, 0.2) is 17.2 Å². The third kappa shape index (κ3) is 6.51. The molecule has 46 heavy (non-hydrogen) atoms. The summed E-state index contributed by atoms with van der Waals surface area (Å²) in [7, 11) is 1.31. The molecule has 3 N–H and O–H groups in total. The summed E-state index contributed by atoms with van der Waals surface area (Å²) in [5, 5.41) is 26.3. The summed E-state index contributed by atoms with van der Waals surface area (Å²) >= 11 is 7.89. The van der Waals surface area contributed by atoms with Crippen molar-refractivity contribution < 1.29 is 28.9 Å². The van der Waals surface area contributed by atoms with Gasteiger partial charge in [-0.05, 0) is 42.7 Å². The van der Waals surface area contributed by atoms with Crippen LogP contribution in [-0.4, -0.2) is 95.0 Å². The van der Waals surface area contributed by atoms with Gasteiger partial charge < -0.3 is 25.2 Å². The van der Waals surface area contributed by atoms with E-state index in [1.54, 1.807) is 6.20 Å². The summed E-state index contributed by atoms with van der Waals surface area (Å²) in [4.78, 5) is 39.8. The van der Waals surface area contributed by atoms with Crippen LogP contribution >= 0.6 is 22.9 Å². The van der Waals surface area contributed by atoms with Gasteiger partial charge in [0, 0.05) is 78.7 Å². The van der Waals surface area contributed by atoms with E-state index in [4.69, 9.17) is 26.4 Å². The average molecular weight is 669 g/mol. The van der Waals surface area contributed by atoms with Gasteiger partial charge >= 0.3 is 11.9 Å². The molecular weight excluding hydrogens is 635 g/mol. The van der Waals surface area contributed by atoms with Crippen molar-refractivity contribution in [2.24, 2.45) is 4.99 Å². The maximum atomic E-state index is 14.0. The smallest absolute Gasteiger partial charge is 0.338 e. The van der Waals surface area contributed by atoms with Crippen molar-refractivity contribution in [2.75, 3.05) is 44.7 Å². The molecule has 14 heteroatoms. The lowest BCUT2D eigenvalue weighted by Gasteiger charge is -2.39. The van der Waals surface area contributed by atoms with Crippen LogP contribution in [0, 0.1) is 12.7 Å². The van der Waals surface area contributed by atoms with Gasteiger partial charge in [-0.25, -0.2) is 14.2 Å². The second kappa shape index (κ2) is 13.5. The van der Waals surface area contributed by atoms with Crippen LogP contribution in [0.4, 0.5) is 10.1 Å². The molecule has 0 spiro atoms. The van der Waals surface area contributed by atoms with E-state index in [0.717, 1.165) is 16.8 Å². The molecule has 2 saturated heterocycles. The number of carbonyl (C=O) groups excluding carboxylic acids is 1. The van der Waals surface area contributed by atoms with E-state index < -0.39 is 30.1 Å². The zero-order valence-corrected chi connectivity index (χ0v) is 26.9. The van der Waals surface area contributed by atoms with Gasteiger partial charge in [0.05, 0.1) is 12.7 Å². The SMILES string of the molecule is COC(=O)C1=C(CN2CCN3C(O)N(c4ccc(CCC(=O)O)cc4C)C[C@@H]3C2)NC(c2nccs2)=N[C@H]1c1ccc(F)cc1Cl. The van der Waals surface area contributed by atoms with Crippen LogP contribution in [0.1, 0.15) is 34.2 Å². The first-order chi connectivity index (χ1) is 22.1. The Morgan fingerprint density at radius 1 is 1.20 bits per heavy atom. The highest BCUT2D eigenvalue weighted by Crippen LogP contribution is 2.37. The topological polar surface area (TPSA) is 131 Å². The number of aliphatic hydroxyl groups is 1. The summed E-state index contributed by atoms with van der Waals surface area (Å²) in [6, 6.07) is 9.04. The zero-order valence-electron chi connectivity index (χ0n) is 25.3. The number of nitrogens with zero attached hydrogens (tertiary/aromatic N) is 5. The van der Waals surface area contributed by atoms with Crippen LogP contribution in [0.25, 0.3) is 0 Å². The molecule has 0 saturated carbocycles. The summed E-state index contributed by atoms with van der Waals surface area (Å²) < 4.78 is 19.2. The van der Waals surface area contributed by atoms with E-state index in [0.29, 0.717) is 61.2 Å². The van der Waals surface area contributed by atoms with E-state index in [2.05, 4.69) is 20.1 Å². The third-order valence-electron chi connectivity index (χ3n) is 8.60. The van der Waals surface area contributed by atoms with E-state index in [-0.39, 0.29) is 23.1 Å². The number of amidine groups is 1. The molecule has 0 aliphatic carbocycles. The number of fused-ring (bicyclic) bond motifs is 1. The number of aromatic nitrogens is 1. The molecule has 3 aliphatic heterocycles. The monoisotopic (exact) mass is 668 g/mol. The molecule has 0 amide bonds. The first-order valence-corrected chi connectivity index (χ1v) is 16.1. The van der Waals surface area contributed by atoms with Gasteiger partial charge in [0.2, 0.25) is 0 Å². The number of piperazine rings is 1. The Labute approximate surface area is 274 Å². The average Bonchev–Trinajstić information content (AvgIpc) is 3.68. The fourth-order valence-corrected chi connectivity index (χ4v) is 7.26. The van der Waals surface area contributed by atoms with Gasteiger partial charge in [-0.1, -0.05) is 29.8 Å². The van der Waals surface area contributed by atoms with Crippen molar-refractivity contribution in [3.8, 4) is 0 Å². The van der Waals surface area contributed by atoms with E-state index >= 15 is 0 Å². The Morgan fingerprint density at radius 3 is 2.72 bits per heavy atom. The molecule has 3 atom stereocenters. The minimum absolute atomic E-state index is 0.00930. The molecule has 0 bridgehead atoms. The van der Waals surface area contributed by atoms with Crippen molar-refractivity contribution >= 4 is 46.4 Å². The number of methoxy groups -OCH3 is 1. The van der Waals surface area contributed by atoms with Gasteiger partial charge in [-0.3, -0.25) is 19.6 Å². The molecule has 242 valence electrons. The molecule has 4 heterocycles. The number of carboxylic acid groups (broad SMARTS) is 1. The Kier molecular flexibility index (Phi) is 9.39. The number of hydrogen-bond acceptors (Lipinski definition) is 11. The van der Waals surface area contributed by atoms with Crippen LogP contribution in [0.5, 0.6) is 0 Å². The van der Waals surface area contributed by atoms with Crippen molar-refractivity contribution in [2.45, 2.75) is 38.2 Å². The Hall–Kier alpha value is -3.88. The lowest BCUT2D eigenvalue weighted by atomic mass is 9.95. The number of esters is 1. The van der Waals surface area contributed by atoms with Gasteiger partial charge in [-0.2, -0.15) is 0 Å². The van der Waals surface area contributed by atoms with Crippen molar-refractivity contribution in [1.29, 1.82) is 0 Å². The van der Waals surface area contributed by atoms with Crippen LogP contribution in [-0.2, 0) is 20.7 Å². The lowest BCUT2D eigenvalue weighted by Crippen LogP contribution is -2.54. The minimum atomic E-state index is -0.845. The summed E-state index contributed by atoms with van der Waals surface area (Å²) in [5.41, 5.74) is 4.16. The van der Waals surface area contributed by atoms with E-state index in [1.165, 1.54) is 36.6 Å². The number of aliphatic imine (C=N–C) groups is 1. The fraction of sp³-hybridized carbons (Fsp3) is 0.375. The number of carboxylic acids is 1. The highest BCUT2D eigenvalue weighted by molar-refractivity contribution is 7.11. The Bertz CT molecular complexity index is 1700. The molecular formula is C32H34ClFN6O5S. The second-order valence-corrected chi connectivity index (χ2v) is 12.8. The number of hydrogen-bond donors (Lipinski definition) is 3. The number of halogens is 2. The first kappa shape index (κ1) is 32.1. The van der Waals surface area contributed by atoms with Crippen LogP contribution in [0.15, 0.2) is 64.2 Å². The van der Waals surface area contributed by atoms with E-state index in [9.17, 15) is 19.1 Å². The van der Waals surface area contributed by atoms with Gasteiger partial charge in [-0.15, -0.1) is 11.3 Å². The number of aryl methyl sites for hydroxylation is 2. The molecule has 2 fully saturated rings. The highest BCUT2D eigenvalue weighted by Gasteiger charge is 2.43. The summed E-state index contributed by atoms with van der Waals surface area (Å²) in [6.07, 6.45) is 1.38. The van der Waals surface area contributed by atoms with Crippen molar-refractivity contribution in [3.63, 3.8) is 0 Å². The summed E-state index contributed by atoms with van der Waals surface area (Å²) in [6.45, 7) is 4.76. The highest BCUT2D eigenvalue weighted by atomic mass is 35.5. The minimum Gasteiger partial charge on any atom is -0.481 e. The number of aliphatic hydroxyl groups excluding tert-OH is 1. The molecule has 3 aromatic rings. The number of aliphatic carboxylic acids is 1. The largest absolute Gasteiger partial charge is 0.481 e. The Balaban J connectivity index is 1.25. The number of carbonyl (C=O) groups is 2. The molecule has 1 unspecified atom stereocenters. The first-order valence-electron chi connectivity index (χ1n) is 14.9. The number of rotatable bonds is 9. The number of ether oxygens (including phenoxy) is 1. The van der Waals surface area contributed by atoms with Gasteiger partial charge in [0.1, 0.15) is 11.9 Å². The Morgan fingerprint density at radius 2 is 2.02 bits per heavy atom. The predicted octanol–water partition coefficient (Wildman–Crippen LogP) is 3.56. The molecule has 1 aromatic heterocycles. The van der Waals surface area contributed by atoms with Crippen LogP contribution in [0.3, 0.4) is 0 Å². The quantitative estimate of drug-likeness (QED) is 0.291. The second-order valence-electron chi connectivity index (χ2n) is 11.5. The van der Waals surface area contributed by atoms with Gasteiger partial charge in [0.25, 0.3) is 0 Å². The van der Waals surface area contributed by atoms with Crippen molar-refractivity contribution in [3.05, 3.63) is 91.8 Å². The molecule has 6 rings (SSSR count). The van der Waals surface area contributed by atoms with Crippen molar-refractivity contribution in [1.82, 2.24) is 20.1 Å². The maximum Gasteiger partial charge on any atom is 0.338 e. The molecule has 11 nitrogen and oxygen atoms in total. The molecule has 3 aliphatic rings. The van der Waals surface area contributed by atoms with E-state index in [1.807, 2.05) is 35.4 Å². The standard InChI is InChI=1S/C32H34ClFN6O5S/c1-18-13-19(4-8-26(41)42)3-7-25(18)40-16-21-15-38(10-11-39(21)32(40)44)17-24-27(31(43)45-2)28(22-6-5-20(34)14-23(22)33)37-29(36-24)30-35-9-12-46-30/h3,5-7,9,12-14,21,28,32,44H,4,8,10-11,15-17H2,1-2H3,(H,36,37)(H,41,42)/t21-,28-,32?/m0/s1. The van der Waals surface area contributed by atoms with Crippen LogP contribution in [0.2, 0.25) is 5.02 Å². The third-order valence-corrected chi connectivity index (χ3v) is 9.71. The fourth-order valence-electron chi connectivity index (χ4n) is 6.41. The number of benzene rings is 2.